The van der Waals surface area contributed by atoms with Gasteiger partial charge in [-0.25, -0.2) is 0 Å². The molecule has 29 heavy (non-hydrogen) atoms. The topological polar surface area (TPSA) is 51.0 Å². The normalized spacial score (nSPS) is 13.5. The molecule has 4 nitrogen and oxygen atoms in total. The van der Waals surface area contributed by atoms with E-state index in [1.807, 2.05) is 0 Å². The zero-order valence-corrected chi connectivity index (χ0v) is 15.1. The smallest absolute Gasteiger partial charge is 0.416 e. The predicted octanol–water partition coefficient (Wildman–Crippen LogP) is 5.98. The van der Waals surface area contributed by atoms with Crippen molar-refractivity contribution in [1.82, 2.24) is 0 Å². The maximum absolute atomic E-state index is 12.6. The lowest BCUT2D eigenvalue weighted by atomic mass is 10.0. The Morgan fingerprint density at radius 3 is 1.83 bits per heavy atom. The van der Waals surface area contributed by atoms with Crippen molar-refractivity contribution in [3.05, 3.63) is 65.2 Å². The zero-order valence-electron chi connectivity index (χ0n) is 15.1. The van der Waals surface area contributed by atoms with Gasteiger partial charge in [0.15, 0.2) is 0 Å². The van der Waals surface area contributed by atoms with Crippen molar-refractivity contribution in [2.45, 2.75) is 31.7 Å². The van der Waals surface area contributed by atoms with Crippen LogP contribution in [0.15, 0.2) is 58.8 Å². The number of hydrogen-bond donors (Lipinski definition) is 0. The third-order valence-electron chi connectivity index (χ3n) is 3.76. The standard InChI is InChI=1S/C19H16F6N2O2/c1-12(28)29-11-17(10-13-2-4-14(5-3-13)18(20,21)22)27-26-16-8-6-15(7-9-16)19(23,24)25/h2-9,17H,10-11H2,1H3. The molecule has 156 valence electrons. The van der Waals surface area contributed by atoms with Crippen LogP contribution in [-0.2, 0) is 28.3 Å². The highest BCUT2D eigenvalue weighted by Crippen LogP contribution is 2.31. The second-order valence-corrected chi connectivity index (χ2v) is 6.12. The zero-order chi connectivity index (χ0) is 21.7. The Hall–Kier alpha value is -2.91. The predicted molar refractivity (Wildman–Crippen MR) is 91.5 cm³/mol. The van der Waals surface area contributed by atoms with Gasteiger partial charge in [-0.1, -0.05) is 12.1 Å². The molecule has 0 aliphatic carbocycles. The first-order chi connectivity index (χ1) is 13.4. The highest BCUT2D eigenvalue weighted by Gasteiger charge is 2.30. The number of carbonyl (C=O) groups is 1. The first-order valence-electron chi connectivity index (χ1n) is 8.33. The van der Waals surface area contributed by atoms with E-state index < -0.39 is 35.5 Å². The lowest BCUT2D eigenvalue weighted by Crippen LogP contribution is -2.18. The molecule has 0 N–H and O–H groups in total. The van der Waals surface area contributed by atoms with Gasteiger partial charge in [0.2, 0.25) is 0 Å². The van der Waals surface area contributed by atoms with Gasteiger partial charge in [0.1, 0.15) is 12.6 Å². The minimum Gasteiger partial charge on any atom is -0.464 e. The van der Waals surface area contributed by atoms with Gasteiger partial charge in [0, 0.05) is 6.92 Å². The molecule has 0 saturated carbocycles. The van der Waals surface area contributed by atoms with Crippen molar-refractivity contribution in [3.8, 4) is 0 Å². The third-order valence-corrected chi connectivity index (χ3v) is 3.76. The highest BCUT2D eigenvalue weighted by atomic mass is 19.4. The van der Waals surface area contributed by atoms with Gasteiger partial charge >= 0.3 is 18.3 Å². The fourth-order valence-electron chi connectivity index (χ4n) is 2.31. The van der Waals surface area contributed by atoms with Crippen molar-refractivity contribution in [2.75, 3.05) is 6.61 Å². The van der Waals surface area contributed by atoms with Crippen molar-refractivity contribution in [1.29, 1.82) is 0 Å². The number of carbonyl (C=O) groups excluding carboxylic acids is 1. The van der Waals surface area contributed by atoms with Crippen LogP contribution in [0.3, 0.4) is 0 Å². The van der Waals surface area contributed by atoms with E-state index in [-0.39, 0.29) is 18.7 Å². The maximum atomic E-state index is 12.6. The molecule has 0 radical (unpaired) electrons. The number of benzene rings is 2. The summed E-state index contributed by atoms with van der Waals surface area (Å²) < 4.78 is 80.6. The molecule has 0 fully saturated rings. The molecule has 0 bridgehead atoms. The summed E-state index contributed by atoms with van der Waals surface area (Å²) in [4.78, 5) is 11.0. The van der Waals surface area contributed by atoms with Crippen LogP contribution in [0.1, 0.15) is 23.6 Å². The molecule has 1 unspecified atom stereocenters. The first kappa shape index (κ1) is 22.4. The van der Waals surface area contributed by atoms with Gasteiger partial charge in [-0.15, -0.1) is 0 Å². The molecule has 0 spiro atoms. The Kier molecular flexibility index (Phi) is 6.99. The van der Waals surface area contributed by atoms with Crippen LogP contribution in [0.2, 0.25) is 0 Å². The third kappa shape index (κ3) is 7.20. The summed E-state index contributed by atoms with van der Waals surface area (Å²) >= 11 is 0. The van der Waals surface area contributed by atoms with Gasteiger partial charge in [0.05, 0.1) is 16.8 Å². The molecule has 0 amide bonds. The van der Waals surface area contributed by atoms with Gasteiger partial charge in [-0.2, -0.15) is 36.6 Å². The number of alkyl halides is 6. The Bertz CT molecular complexity index is 843. The molecule has 2 aromatic rings. The number of ether oxygens (including phenoxy) is 1. The molecule has 0 aliphatic heterocycles. The van der Waals surface area contributed by atoms with Crippen molar-refractivity contribution in [2.24, 2.45) is 10.2 Å². The summed E-state index contributed by atoms with van der Waals surface area (Å²) in [6.07, 6.45) is -8.82. The Balaban J connectivity index is 2.13. The van der Waals surface area contributed by atoms with Crippen LogP contribution in [0.4, 0.5) is 32.0 Å². The van der Waals surface area contributed by atoms with Crippen molar-refractivity contribution >= 4 is 11.7 Å². The average molecular weight is 418 g/mol. The van der Waals surface area contributed by atoms with E-state index in [1.54, 1.807) is 0 Å². The average Bonchev–Trinajstić information content (AvgIpc) is 2.63. The molecule has 0 aliphatic rings. The summed E-state index contributed by atoms with van der Waals surface area (Å²) in [6, 6.07) is 7.64. The first-order valence-corrected chi connectivity index (χ1v) is 8.33. The summed E-state index contributed by atoms with van der Waals surface area (Å²) in [5.74, 6) is -0.577. The van der Waals surface area contributed by atoms with Crippen LogP contribution in [0.25, 0.3) is 0 Å². The van der Waals surface area contributed by atoms with E-state index in [0.717, 1.165) is 36.4 Å². The molecular formula is C19H16F6N2O2. The van der Waals surface area contributed by atoms with Crippen LogP contribution in [0, 0.1) is 0 Å². The van der Waals surface area contributed by atoms with Crippen LogP contribution < -0.4 is 0 Å². The number of nitrogens with zero attached hydrogens (tertiary/aromatic N) is 2. The van der Waals surface area contributed by atoms with Crippen LogP contribution in [0.5, 0.6) is 0 Å². The number of esters is 1. The van der Waals surface area contributed by atoms with E-state index in [2.05, 4.69) is 10.2 Å². The fraction of sp³-hybridized carbons (Fsp3) is 0.316. The van der Waals surface area contributed by atoms with Gasteiger partial charge in [-0.05, 0) is 48.4 Å². The van der Waals surface area contributed by atoms with Crippen molar-refractivity contribution < 1.29 is 35.9 Å². The second-order valence-electron chi connectivity index (χ2n) is 6.12. The monoisotopic (exact) mass is 418 g/mol. The molecule has 0 aromatic heterocycles. The maximum Gasteiger partial charge on any atom is 0.416 e. The summed E-state index contributed by atoms with van der Waals surface area (Å²) in [6.45, 7) is 1.00. The summed E-state index contributed by atoms with van der Waals surface area (Å²) in [7, 11) is 0. The Labute approximate surface area is 162 Å². The molecule has 2 aromatic carbocycles. The lowest BCUT2D eigenvalue weighted by Gasteiger charge is -2.13. The molecule has 2 rings (SSSR count). The SMILES string of the molecule is CC(=O)OCC(Cc1ccc(C(F)(F)F)cc1)N=Nc1ccc(C(F)(F)F)cc1. The molecule has 1 atom stereocenters. The molecule has 0 saturated heterocycles. The van der Waals surface area contributed by atoms with Gasteiger partial charge < -0.3 is 4.74 Å². The molecule has 0 heterocycles. The number of rotatable bonds is 6. The molecule has 10 heteroatoms. The minimum atomic E-state index is -4.48. The number of halogens is 6. The van der Waals surface area contributed by atoms with Gasteiger partial charge in [0.25, 0.3) is 0 Å². The quantitative estimate of drug-likeness (QED) is 0.329. The minimum absolute atomic E-state index is 0.121. The van der Waals surface area contributed by atoms with E-state index in [9.17, 15) is 31.1 Å². The lowest BCUT2D eigenvalue weighted by molar-refractivity contribution is -0.141. The molecular weight excluding hydrogens is 402 g/mol. The highest BCUT2D eigenvalue weighted by molar-refractivity contribution is 5.65. The largest absolute Gasteiger partial charge is 0.464 e. The van der Waals surface area contributed by atoms with E-state index >= 15 is 0 Å². The number of azo groups is 1. The van der Waals surface area contributed by atoms with Crippen molar-refractivity contribution in [3.63, 3.8) is 0 Å². The Morgan fingerprint density at radius 2 is 1.38 bits per heavy atom. The number of hydrogen-bond acceptors (Lipinski definition) is 4. The second kappa shape index (κ2) is 9.06. The van der Waals surface area contributed by atoms with Crippen LogP contribution in [-0.4, -0.2) is 18.6 Å². The van der Waals surface area contributed by atoms with E-state index in [0.29, 0.717) is 5.56 Å². The van der Waals surface area contributed by atoms with E-state index in [1.165, 1.54) is 19.1 Å². The fourth-order valence-corrected chi connectivity index (χ4v) is 2.31. The summed E-state index contributed by atoms with van der Waals surface area (Å²) in [5.41, 5.74) is -0.985. The van der Waals surface area contributed by atoms with Crippen LogP contribution >= 0.6 is 0 Å². The van der Waals surface area contributed by atoms with Gasteiger partial charge in [-0.3, -0.25) is 4.79 Å². The Morgan fingerprint density at radius 1 is 0.897 bits per heavy atom. The summed E-state index contributed by atoms with van der Waals surface area (Å²) in [5, 5.41) is 7.82. The van der Waals surface area contributed by atoms with E-state index in [4.69, 9.17) is 4.74 Å².